The SMILES string of the molecule is Cc1nc(C)c(C(=O)C2=C(O)C(=O)N(CCN3CCCCC3)C2c2cccc(Br)c2)s1. The van der Waals surface area contributed by atoms with Crippen LogP contribution in [0.15, 0.2) is 40.1 Å². The molecule has 1 unspecified atom stereocenters. The van der Waals surface area contributed by atoms with Gasteiger partial charge in [0.2, 0.25) is 5.78 Å². The number of aliphatic hydroxyl groups is 1. The fourth-order valence-electron chi connectivity index (χ4n) is 4.44. The van der Waals surface area contributed by atoms with Crippen LogP contribution in [0.25, 0.3) is 0 Å². The van der Waals surface area contributed by atoms with Gasteiger partial charge in [0.05, 0.1) is 27.2 Å². The number of carbonyl (C=O) groups excluding carboxylic acids is 2. The number of aromatic nitrogens is 1. The Kier molecular flexibility index (Phi) is 6.60. The highest BCUT2D eigenvalue weighted by molar-refractivity contribution is 9.10. The van der Waals surface area contributed by atoms with E-state index >= 15 is 0 Å². The number of piperidine rings is 1. The number of benzene rings is 1. The summed E-state index contributed by atoms with van der Waals surface area (Å²) >= 11 is 4.79. The summed E-state index contributed by atoms with van der Waals surface area (Å²) in [6.45, 7) is 6.86. The summed E-state index contributed by atoms with van der Waals surface area (Å²) in [7, 11) is 0. The number of thiazole rings is 1. The van der Waals surface area contributed by atoms with Crippen LogP contribution in [0.2, 0.25) is 0 Å². The molecule has 8 heteroatoms. The van der Waals surface area contributed by atoms with Crippen molar-refractivity contribution in [3.8, 4) is 0 Å². The van der Waals surface area contributed by atoms with Gasteiger partial charge in [0.25, 0.3) is 5.91 Å². The Morgan fingerprint density at radius 2 is 1.97 bits per heavy atom. The normalized spacial score (nSPS) is 20.0. The second-order valence-electron chi connectivity index (χ2n) is 8.10. The molecule has 1 fully saturated rings. The molecule has 164 valence electrons. The molecule has 0 spiro atoms. The first-order chi connectivity index (χ1) is 14.9. The second-order valence-corrected chi connectivity index (χ2v) is 10.2. The lowest BCUT2D eigenvalue weighted by Crippen LogP contribution is -2.40. The van der Waals surface area contributed by atoms with Crippen LogP contribution in [0.4, 0.5) is 0 Å². The van der Waals surface area contributed by atoms with E-state index in [0.29, 0.717) is 17.1 Å². The van der Waals surface area contributed by atoms with Gasteiger partial charge in [-0.05, 0) is 57.5 Å². The van der Waals surface area contributed by atoms with Crippen molar-refractivity contribution in [3.05, 3.63) is 61.2 Å². The minimum Gasteiger partial charge on any atom is -0.503 e. The van der Waals surface area contributed by atoms with Gasteiger partial charge < -0.3 is 14.9 Å². The molecule has 6 nitrogen and oxygen atoms in total. The average molecular weight is 504 g/mol. The molecule has 0 saturated carbocycles. The van der Waals surface area contributed by atoms with Crippen LogP contribution in [0.1, 0.15) is 51.2 Å². The van der Waals surface area contributed by atoms with E-state index in [9.17, 15) is 14.7 Å². The largest absolute Gasteiger partial charge is 0.503 e. The number of likely N-dealkylation sites (tertiary alicyclic amines) is 1. The number of carbonyl (C=O) groups is 2. The Bertz CT molecular complexity index is 1040. The third kappa shape index (κ3) is 4.47. The maximum Gasteiger partial charge on any atom is 0.290 e. The molecule has 1 atom stereocenters. The minimum atomic E-state index is -0.621. The summed E-state index contributed by atoms with van der Waals surface area (Å²) < 4.78 is 0.858. The Balaban J connectivity index is 1.70. The molecule has 0 bridgehead atoms. The van der Waals surface area contributed by atoms with Crippen molar-refractivity contribution in [2.75, 3.05) is 26.2 Å². The maximum atomic E-state index is 13.5. The molecular weight excluding hydrogens is 478 g/mol. The highest BCUT2D eigenvalue weighted by Gasteiger charge is 2.44. The first-order valence-electron chi connectivity index (χ1n) is 10.6. The highest BCUT2D eigenvalue weighted by Crippen LogP contribution is 2.40. The van der Waals surface area contributed by atoms with E-state index in [1.54, 1.807) is 11.8 Å². The summed E-state index contributed by atoms with van der Waals surface area (Å²) in [5, 5.41) is 11.6. The monoisotopic (exact) mass is 503 g/mol. The van der Waals surface area contributed by atoms with Crippen LogP contribution >= 0.6 is 27.3 Å². The molecule has 1 aromatic heterocycles. The molecule has 2 aliphatic rings. The molecule has 2 aliphatic heterocycles. The van der Waals surface area contributed by atoms with Gasteiger partial charge in [-0.1, -0.05) is 34.5 Å². The van der Waals surface area contributed by atoms with Crippen molar-refractivity contribution in [1.82, 2.24) is 14.8 Å². The maximum absolute atomic E-state index is 13.5. The summed E-state index contributed by atoms with van der Waals surface area (Å²) in [6, 6.07) is 6.96. The van der Waals surface area contributed by atoms with E-state index in [2.05, 4.69) is 25.8 Å². The number of rotatable bonds is 6. The smallest absolute Gasteiger partial charge is 0.290 e. The molecule has 31 heavy (non-hydrogen) atoms. The minimum absolute atomic E-state index is 0.147. The van der Waals surface area contributed by atoms with E-state index in [0.717, 1.165) is 34.7 Å². The molecule has 1 aromatic carbocycles. The van der Waals surface area contributed by atoms with Crippen molar-refractivity contribution in [1.29, 1.82) is 0 Å². The van der Waals surface area contributed by atoms with E-state index < -0.39 is 17.7 Å². The van der Waals surface area contributed by atoms with Gasteiger partial charge in [-0.15, -0.1) is 11.3 Å². The summed E-state index contributed by atoms with van der Waals surface area (Å²) in [6.07, 6.45) is 3.58. The molecule has 1 N–H and O–H groups in total. The van der Waals surface area contributed by atoms with E-state index in [4.69, 9.17) is 0 Å². The summed E-state index contributed by atoms with van der Waals surface area (Å²) in [5.74, 6) is -1.25. The number of hydrogen-bond donors (Lipinski definition) is 1. The van der Waals surface area contributed by atoms with Crippen LogP contribution in [-0.4, -0.2) is 57.8 Å². The van der Waals surface area contributed by atoms with Crippen molar-refractivity contribution in [3.63, 3.8) is 0 Å². The zero-order valence-corrected chi connectivity index (χ0v) is 20.1. The summed E-state index contributed by atoms with van der Waals surface area (Å²) in [5.41, 5.74) is 1.57. The molecular formula is C23H26BrN3O3S. The van der Waals surface area contributed by atoms with Crippen LogP contribution in [0, 0.1) is 13.8 Å². The molecule has 3 heterocycles. The van der Waals surface area contributed by atoms with Gasteiger partial charge >= 0.3 is 0 Å². The lowest BCUT2D eigenvalue weighted by molar-refractivity contribution is -0.129. The van der Waals surface area contributed by atoms with Gasteiger partial charge in [0.1, 0.15) is 0 Å². The Labute approximate surface area is 194 Å². The second kappa shape index (κ2) is 9.22. The molecule has 1 saturated heterocycles. The highest BCUT2D eigenvalue weighted by atomic mass is 79.9. The fraction of sp³-hybridized carbons (Fsp3) is 0.435. The van der Waals surface area contributed by atoms with Crippen molar-refractivity contribution < 1.29 is 14.7 Å². The zero-order chi connectivity index (χ0) is 22.1. The van der Waals surface area contributed by atoms with Crippen LogP contribution in [-0.2, 0) is 4.79 Å². The number of aliphatic hydroxyl groups excluding tert-OH is 1. The standard InChI is InChI=1S/C23H26BrN3O3S/c1-14-22(31-15(2)25-14)20(28)18-19(16-7-6-8-17(24)13-16)27(23(30)21(18)29)12-11-26-9-4-3-5-10-26/h6-8,13,19,29H,3-5,9-12H2,1-2H3. The first kappa shape index (κ1) is 22.2. The molecule has 0 aliphatic carbocycles. The van der Waals surface area contributed by atoms with Crippen molar-refractivity contribution in [2.45, 2.75) is 39.2 Å². The molecule has 4 rings (SSSR count). The summed E-state index contributed by atoms with van der Waals surface area (Å²) in [4.78, 5) is 35.4. The molecule has 0 radical (unpaired) electrons. The first-order valence-corrected chi connectivity index (χ1v) is 12.2. The zero-order valence-electron chi connectivity index (χ0n) is 17.7. The lowest BCUT2D eigenvalue weighted by atomic mass is 9.95. The van der Waals surface area contributed by atoms with Crippen molar-refractivity contribution >= 4 is 39.0 Å². The number of ketones is 1. The molecule has 2 aromatic rings. The van der Waals surface area contributed by atoms with E-state index in [-0.39, 0.29) is 11.4 Å². The van der Waals surface area contributed by atoms with Gasteiger partial charge in [0, 0.05) is 17.6 Å². The van der Waals surface area contributed by atoms with Crippen LogP contribution < -0.4 is 0 Å². The quantitative estimate of drug-likeness (QED) is 0.583. The topological polar surface area (TPSA) is 73.7 Å². The molecule has 1 amide bonds. The van der Waals surface area contributed by atoms with Gasteiger partial charge in [-0.2, -0.15) is 0 Å². The van der Waals surface area contributed by atoms with Gasteiger partial charge in [-0.3, -0.25) is 9.59 Å². The average Bonchev–Trinajstić information content (AvgIpc) is 3.22. The third-order valence-corrected chi connectivity index (χ3v) is 7.49. The Morgan fingerprint density at radius 3 is 2.61 bits per heavy atom. The predicted octanol–water partition coefficient (Wildman–Crippen LogP) is 4.59. The third-order valence-electron chi connectivity index (χ3n) is 5.93. The Morgan fingerprint density at radius 1 is 1.23 bits per heavy atom. The predicted molar refractivity (Wildman–Crippen MR) is 124 cm³/mol. The number of Topliss-reactive ketones (excluding diaryl/α,β-unsaturated/α-hetero) is 1. The van der Waals surface area contributed by atoms with Gasteiger partial charge in [-0.25, -0.2) is 4.98 Å². The van der Waals surface area contributed by atoms with Crippen LogP contribution in [0.5, 0.6) is 0 Å². The lowest BCUT2D eigenvalue weighted by Gasteiger charge is -2.31. The van der Waals surface area contributed by atoms with E-state index in [1.165, 1.54) is 30.6 Å². The number of halogens is 1. The fourth-order valence-corrected chi connectivity index (χ4v) is 5.73. The number of nitrogens with zero attached hydrogens (tertiary/aromatic N) is 3. The number of amides is 1. The van der Waals surface area contributed by atoms with Crippen LogP contribution in [0.3, 0.4) is 0 Å². The van der Waals surface area contributed by atoms with E-state index in [1.807, 2.05) is 31.2 Å². The number of hydrogen-bond acceptors (Lipinski definition) is 6. The van der Waals surface area contributed by atoms with Crippen molar-refractivity contribution in [2.24, 2.45) is 0 Å². The Hall–Kier alpha value is -2.03. The number of aryl methyl sites for hydroxylation is 2. The van der Waals surface area contributed by atoms with Gasteiger partial charge in [0.15, 0.2) is 5.76 Å².